The average Bonchev–Trinajstić information content (AvgIpc) is 2.83. The van der Waals surface area contributed by atoms with Crippen LogP contribution in [0.3, 0.4) is 0 Å². The van der Waals surface area contributed by atoms with Gasteiger partial charge in [0.15, 0.2) is 5.65 Å². The Hall–Kier alpha value is -1.46. The molecule has 2 heterocycles. The highest BCUT2D eigenvalue weighted by Gasteiger charge is 2.11. The molecule has 21 heavy (non-hydrogen) atoms. The van der Waals surface area contributed by atoms with Crippen LogP contribution in [0.5, 0.6) is 0 Å². The highest BCUT2D eigenvalue weighted by atomic mass is 79.9. The Balaban J connectivity index is 1.90. The van der Waals surface area contributed by atoms with E-state index in [0.717, 1.165) is 33.4 Å². The van der Waals surface area contributed by atoms with E-state index in [1.807, 2.05) is 10.6 Å². The molecule has 0 radical (unpaired) electrons. The fraction of sp³-hybridized carbons (Fsp3) is 0.200. The molecule has 2 aromatic heterocycles. The number of benzene rings is 1. The summed E-state index contributed by atoms with van der Waals surface area (Å²) < 4.78 is 15.8. The van der Waals surface area contributed by atoms with Gasteiger partial charge in [-0.05, 0) is 46.1 Å². The van der Waals surface area contributed by atoms with E-state index in [9.17, 15) is 4.39 Å². The third-order valence-electron chi connectivity index (χ3n) is 3.29. The number of nitrogens with zero attached hydrogens (tertiary/aromatic N) is 3. The van der Waals surface area contributed by atoms with E-state index >= 15 is 0 Å². The van der Waals surface area contributed by atoms with E-state index in [1.165, 1.54) is 12.1 Å². The molecule has 0 saturated heterocycles. The van der Waals surface area contributed by atoms with Crippen LogP contribution in [0.2, 0.25) is 0 Å². The van der Waals surface area contributed by atoms with E-state index in [1.54, 1.807) is 18.3 Å². The largest absolute Gasteiger partial charge is 0.311 e. The Bertz CT molecular complexity index is 770. The second-order valence-corrected chi connectivity index (χ2v) is 5.87. The predicted octanol–water partition coefficient (Wildman–Crippen LogP) is 4.31. The molecule has 0 spiro atoms. The zero-order chi connectivity index (χ0) is 14.8. The van der Waals surface area contributed by atoms with Gasteiger partial charge in [-0.1, -0.05) is 12.1 Å². The zero-order valence-corrected chi connectivity index (χ0v) is 13.4. The van der Waals surface area contributed by atoms with Crippen molar-refractivity contribution in [3.63, 3.8) is 0 Å². The van der Waals surface area contributed by atoms with Crippen molar-refractivity contribution >= 4 is 38.7 Å². The van der Waals surface area contributed by atoms with Crippen molar-refractivity contribution in [1.82, 2.24) is 14.5 Å². The van der Waals surface area contributed by atoms with Crippen molar-refractivity contribution in [3.05, 3.63) is 58.2 Å². The third-order valence-corrected chi connectivity index (χ3v) is 3.96. The van der Waals surface area contributed by atoms with Crippen LogP contribution in [0, 0.1) is 5.82 Å². The molecule has 0 aliphatic carbocycles. The Kier molecular flexibility index (Phi) is 4.22. The smallest absolute Gasteiger partial charge is 0.160 e. The van der Waals surface area contributed by atoms with E-state index in [4.69, 9.17) is 11.6 Å². The summed E-state index contributed by atoms with van der Waals surface area (Å²) in [6.45, 7) is 0.707. The molecule has 0 aliphatic heterocycles. The molecule has 0 bridgehead atoms. The number of halogens is 3. The third kappa shape index (κ3) is 3.09. The van der Waals surface area contributed by atoms with Gasteiger partial charge in [-0.3, -0.25) is 0 Å². The van der Waals surface area contributed by atoms with Crippen LogP contribution in [-0.2, 0) is 18.8 Å². The first-order chi connectivity index (χ1) is 10.2. The van der Waals surface area contributed by atoms with E-state index in [-0.39, 0.29) is 5.82 Å². The molecule has 0 atom stereocenters. The normalized spacial score (nSPS) is 11.2. The van der Waals surface area contributed by atoms with Crippen LogP contribution in [0.15, 0.2) is 41.0 Å². The first-order valence-corrected chi connectivity index (χ1v) is 7.81. The molecule has 0 amide bonds. The number of aryl methyl sites for hydroxylation is 2. The molecule has 0 aliphatic rings. The van der Waals surface area contributed by atoms with Crippen LogP contribution in [0.4, 0.5) is 4.39 Å². The van der Waals surface area contributed by atoms with Gasteiger partial charge in [0.1, 0.15) is 17.2 Å². The highest BCUT2D eigenvalue weighted by Crippen LogP contribution is 2.20. The van der Waals surface area contributed by atoms with Crippen molar-refractivity contribution in [2.75, 3.05) is 0 Å². The number of hydrogen-bond donors (Lipinski definition) is 0. The van der Waals surface area contributed by atoms with Crippen LogP contribution < -0.4 is 0 Å². The number of aromatic nitrogens is 3. The van der Waals surface area contributed by atoms with Gasteiger partial charge in [-0.2, -0.15) is 0 Å². The first-order valence-electron chi connectivity index (χ1n) is 6.48. The molecule has 0 fully saturated rings. The minimum atomic E-state index is -0.222. The van der Waals surface area contributed by atoms with E-state index < -0.39 is 0 Å². The number of alkyl halides is 1. The van der Waals surface area contributed by atoms with E-state index in [0.29, 0.717) is 12.4 Å². The van der Waals surface area contributed by atoms with Gasteiger partial charge in [0.2, 0.25) is 0 Å². The van der Waals surface area contributed by atoms with Gasteiger partial charge in [-0.15, -0.1) is 11.6 Å². The molecule has 6 heteroatoms. The molecule has 0 N–H and O–H groups in total. The number of pyridine rings is 1. The minimum Gasteiger partial charge on any atom is -0.311 e. The fourth-order valence-corrected chi connectivity index (χ4v) is 2.79. The molecule has 108 valence electrons. The predicted molar refractivity (Wildman–Crippen MR) is 84.9 cm³/mol. The van der Waals surface area contributed by atoms with Gasteiger partial charge < -0.3 is 4.57 Å². The van der Waals surface area contributed by atoms with Gasteiger partial charge in [-0.25, -0.2) is 14.4 Å². The van der Waals surface area contributed by atoms with E-state index in [2.05, 4.69) is 25.9 Å². The van der Waals surface area contributed by atoms with Gasteiger partial charge in [0.25, 0.3) is 0 Å². The Morgan fingerprint density at radius 1 is 1.24 bits per heavy atom. The van der Waals surface area contributed by atoms with Crippen LogP contribution >= 0.6 is 27.5 Å². The van der Waals surface area contributed by atoms with Crippen LogP contribution in [0.1, 0.15) is 11.4 Å². The molecule has 0 unspecified atom stereocenters. The highest BCUT2D eigenvalue weighted by molar-refractivity contribution is 9.10. The summed E-state index contributed by atoms with van der Waals surface area (Å²) in [5.74, 6) is 0.899. The number of rotatable bonds is 4. The quantitative estimate of drug-likeness (QED) is 0.642. The maximum Gasteiger partial charge on any atom is 0.160 e. The van der Waals surface area contributed by atoms with Crippen molar-refractivity contribution < 1.29 is 4.39 Å². The van der Waals surface area contributed by atoms with Crippen LogP contribution in [0.25, 0.3) is 11.2 Å². The summed E-state index contributed by atoms with van der Waals surface area (Å²) in [6.07, 6.45) is 2.52. The SMILES string of the molecule is Fc1ccc(CCn2c(CCl)nc3cc(Br)cnc32)cc1. The monoisotopic (exact) mass is 367 g/mol. The fourth-order valence-electron chi connectivity index (χ4n) is 2.26. The lowest BCUT2D eigenvalue weighted by atomic mass is 10.1. The van der Waals surface area contributed by atoms with Crippen molar-refractivity contribution in [2.45, 2.75) is 18.8 Å². The number of fused-ring (bicyclic) bond motifs is 1. The second-order valence-electron chi connectivity index (χ2n) is 4.69. The summed E-state index contributed by atoms with van der Waals surface area (Å²) in [5.41, 5.74) is 2.70. The molecule has 3 aromatic rings. The Labute approximate surface area is 134 Å². The molecular formula is C15H12BrClFN3. The number of imidazole rings is 1. The molecule has 0 saturated carbocycles. The Morgan fingerprint density at radius 2 is 2.00 bits per heavy atom. The lowest BCUT2D eigenvalue weighted by Crippen LogP contribution is -2.06. The molecule has 3 rings (SSSR count). The summed E-state index contributed by atoms with van der Waals surface area (Å²) >= 11 is 9.36. The topological polar surface area (TPSA) is 30.7 Å². The summed E-state index contributed by atoms with van der Waals surface area (Å²) in [7, 11) is 0. The van der Waals surface area contributed by atoms with Gasteiger partial charge >= 0.3 is 0 Å². The lowest BCUT2D eigenvalue weighted by molar-refractivity contribution is 0.625. The van der Waals surface area contributed by atoms with Crippen LogP contribution in [-0.4, -0.2) is 14.5 Å². The van der Waals surface area contributed by atoms with Crippen molar-refractivity contribution in [2.24, 2.45) is 0 Å². The maximum absolute atomic E-state index is 12.9. The molecule has 1 aromatic carbocycles. The molecular weight excluding hydrogens is 357 g/mol. The maximum atomic E-state index is 12.9. The lowest BCUT2D eigenvalue weighted by Gasteiger charge is -2.07. The van der Waals surface area contributed by atoms with Gasteiger partial charge in [0, 0.05) is 17.2 Å². The first kappa shape index (κ1) is 14.5. The molecule has 3 nitrogen and oxygen atoms in total. The number of hydrogen-bond acceptors (Lipinski definition) is 2. The average molecular weight is 369 g/mol. The Morgan fingerprint density at radius 3 is 2.71 bits per heavy atom. The zero-order valence-electron chi connectivity index (χ0n) is 11.1. The van der Waals surface area contributed by atoms with Crippen molar-refractivity contribution in [3.8, 4) is 0 Å². The summed E-state index contributed by atoms with van der Waals surface area (Å²) in [5, 5.41) is 0. The van der Waals surface area contributed by atoms with Crippen molar-refractivity contribution in [1.29, 1.82) is 0 Å². The standard InChI is InChI=1S/C15H12BrClFN3/c16-11-7-13-15(19-9-11)21(14(8-17)20-13)6-5-10-1-3-12(18)4-2-10/h1-4,7,9H,5-6,8H2. The second kappa shape index (κ2) is 6.12. The summed E-state index contributed by atoms with van der Waals surface area (Å²) in [4.78, 5) is 8.91. The summed E-state index contributed by atoms with van der Waals surface area (Å²) in [6, 6.07) is 8.45. The van der Waals surface area contributed by atoms with Gasteiger partial charge in [0.05, 0.1) is 5.88 Å². The minimum absolute atomic E-state index is 0.222.